The summed E-state index contributed by atoms with van der Waals surface area (Å²) in [5.74, 6) is 2.27. The molecule has 1 aliphatic rings. The molecule has 0 saturated carbocycles. The summed E-state index contributed by atoms with van der Waals surface area (Å²) in [4.78, 5) is 0. The molecule has 0 aromatic rings. The molecule has 1 nitrogen and oxygen atoms in total. The summed E-state index contributed by atoms with van der Waals surface area (Å²) in [5, 5.41) is 4.35. The molecule has 12 heavy (non-hydrogen) atoms. The van der Waals surface area contributed by atoms with E-state index in [9.17, 15) is 0 Å². The van der Waals surface area contributed by atoms with Crippen molar-refractivity contribution < 1.29 is 0 Å². The van der Waals surface area contributed by atoms with E-state index >= 15 is 0 Å². The monoisotopic (exact) mass is 187 g/mol. The van der Waals surface area contributed by atoms with Crippen LogP contribution < -0.4 is 5.32 Å². The second-order valence-corrected chi connectivity index (χ2v) is 5.13. The Morgan fingerprint density at radius 3 is 2.67 bits per heavy atom. The van der Waals surface area contributed by atoms with Crippen LogP contribution >= 0.6 is 11.8 Å². The SMILES string of the molecule is CCC(C)CSC1CCNCC1. The van der Waals surface area contributed by atoms with Crippen molar-refractivity contribution in [1.29, 1.82) is 0 Å². The molecule has 1 unspecified atom stereocenters. The van der Waals surface area contributed by atoms with E-state index in [0.717, 1.165) is 11.2 Å². The lowest BCUT2D eigenvalue weighted by atomic mass is 10.1. The maximum Gasteiger partial charge on any atom is 0.00712 e. The predicted octanol–water partition coefficient (Wildman–Crippen LogP) is 2.52. The van der Waals surface area contributed by atoms with Gasteiger partial charge in [0.05, 0.1) is 0 Å². The van der Waals surface area contributed by atoms with Gasteiger partial charge in [0.25, 0.3) is 0 Å². The van der Waals surface area contributed by atoms with Crippen molar-refractivity contribution in [2.45, 2.75) is 38.4 Å². The molecule has 1 heterocycles. The van der Waals surface area contributed by atoms with Crippen molar-refractivity contribution in [3.05, 3.63) is 0 Å². The van der Waals surface area contributed by atoms with Crippen LogP contribution in [0.4, 0.5) is 0 Å². The third kappa shape index (κ3) is 3.81. The number of hydrogen-bond acceptors (Lipinski definition) is 2. The second kappa shape index (κ2) is 5.87. The lowest BCUT2D eigenvalue weighted by Gasteiger charge is -2.23. The molecule has 1 atom stereocenters. The van der Waals surface area contributed by atoms with Crippen molar-refractivity contribution in [3.63, 3.8) is 0 Å². The molecule has 0 radical (unpaired) electrons. The molecule has 1 fully saturated rings. The van der Waals surface area contributed by atoms with Gasteiger partial charge in [0.1, 0.15) is 0 Å². The van der Waals surface area contributed by atoms with Gasteiger partial charge in [-0.15, -0.1) is 0 Å². The first-order valence-corrected chi connectivity index (χ1v) is 6.20. The van der Waals surface area contributed by atoms with Crippen molar-refractivity contribution in [2.24, 2.45) is 5.92 Å². The second-order valence-electron chi connectivity index (χ2n) is 3.80. The van der Waals surface area contributed by atoms with Gasteiger partial charge in [0.2, 0.25) is 0 Å². The minimum absolute atomic E-state index is 0.907. The Bertz CT molecular complexity index is 110. The summed E-state index contributed by atoms with van der Waals surface area (Å²) < 4.78 is 0. The van der Waals surface area contributed by atoms with Crippen molar-refractivity contribution in [2.75, 3.05) is 18.8 Å². The molecule has 0 bridgehead atoms. The molecular formula is C10H21NS. The molecule has 0 aliphatic carbocycles. The van der Waals surface area contributed by atoms with Crippen LogP contribution in [0.2, 0.25) is 0 Å². The van der Waals surface area contributed by atoms with Crippen molar-refractivity contribution >= 4 is 11.8 Å². The van der Waals surface area contributed by atoms with E-state index < -0.39 is 0 Å². The van der Waals surface area contributed by atoms with Gasteiger partial charge in [-0.05, 0) is 37.6 Å². The van der Waals surface area contributed by atoms with Gasteiger partial charge in [-0.1, -0.05) is 20.3 Å². The van der Waals surface area contributed by atoms with Crippen molar-refractivity contribution in [3.8, 4) is 0 Å². The van der Waals surface area contributed by atoms with Gasteiger partial charge in [-0.2, -0.15) is 11.8 Å². The standard InChI is InChI=1S/C10H21NS/c1-3-9(2)8-12-10-4-6-11-7-5-10/h9-11H,3-8H2,1-2H3. The highest BCUT2D eigenvalue weighted by molar-refractivity contribution is 7.99. The van der Waals surface area contributed by atoms with Crippen LogP contribution in [-0.2, 0) is 0 Å². The summed E-state index contributed by atoms with van der Waals surface area (Å²) in [7, 11) is 0. The Balaban J connectivity index is 2.05. The summed E-state index contributed by atoms with van der Waals surface area (Å²) >= 11 is 2.19. The summed E-state index contributed by atoms with van der Waals surface area (Å²) in [6.45, 7) is 7.11. The van der Waals surface area contributed by atoms with E-state index in [2.05, 4.69) is 30.9 Å². The van der Waals surface area contributed by atoms with Gasteiger partial charge < -0.3 is 5.32 Å². The lowest BCUT2D eigenvalue weighted by molar-refractivity contribution is 0.529. The average Bonchev–Trinajstić information content (AvgIpc) is 2.16. The fraction of sp³-hybridized carbons (Fsp3) is 1.00. The molecule has 1 aliphatic heterocycles. The van der Waals surface area contributed by atoms with Crippen LogP contribution in [0.1, 0.15) is 33.1 Å². The van der Waals surface area contributed by atoms with Gasteiger partial charge in [0, 0.05) is 5.25 Å². The Morgan fingerprint density at radius 1 is 1.42 bits per heavy atom. The van der Waals surface area contributed by atoms with E-state index in [4.69, 9.17) is 0 Å². The van der Waals surface area contributed by atoms with Gasteiger partial charge in [-0.25, -0.2) is 0 Å². The summed E-state index contributed by atoms with van der Waals surface area (Å²) in [6.07, 6.45) is 4.08. The smallest absolute Gasteiger partial charge is 0.00712 e. The third-order valence-electron chi connectivity index (χ3n) is 2.60. The fourth-order valence-electron chi connectivity index (χ4n) is 1.38. The molecule has 0 amide bonds. The summed E-state index contributed by atoms with van der Waals surface area (Å²) in [6, 6.07) is 0. The van der Waals surface area contributed by atoms with Crippen LogP contribution in [0.25, 0.3) is 0 Å². The number of rotatable bonds is 4. The highest BCUT2D eigenvalue weighted by Gasteiger charge is 2.13. The normalized spacial score (nSPS) is 22.5. The predicted molar refractivity (Wildman–Crippen MR) is 57.8 cm³/mol. The maximum absolute atomic E-state index is 3.40. The Morgan fingerprint density at radius 2 is 2.08 bits per heavy atom. The van der Waals surface area contributed by atoms with Crippen molar-refractivity contribution in [1.82, 2.24) is 5.32 Å². The Labute approximate surface area is 80.7 Å². The summed E-state index contributed by atoms with van der Waals surface area (Å²) in [5.41, 5.74) is 0. The van der Waals surface area contributed by atoms with Gasteiger partial charge >= 0.3 is 0 Å². The van der Waals surface area contributed by atoms with E-state index in [1.807, 2.05) is 0 Å². The van der Waals surface area contributed by atoms with Gasteiger partial charge in [0.15, 0.2) is 0 Å². The van der Waals surface area contributed by atoms with Crippen LogP contribution in [-0.4, -0.2) is 24.1 Å². The zero-order valence-corrected chi connectivity index (χ0v) is 9.12. The minimum atomic E-state index is 0.907. The highest BCUT2D eigenvalue weighted by Crippen LogP contribution is 2.23. The minimum Gasteiger partial charge on any atom is -0.317 e. The largest absolute Gasteiger partial charge is 0.317 e. The van der Waals surface area contributed by atoms with Crippen LogP contribution in [0.15, 0.2) is 0 Å². The van der Waals surface area contributed by atoms with Crippen LogP contribution in [0.5, 0.6) is 0 Å². The zero-order valence-electron chi connectivity index (χ0n) is 8.31. The quantitative estimate of drug-likeness (QED) is 0.726. The third-order valence-corrected chi connectivity index (χ3v) is 4.30. The van der Waals surface area contributed by atoms with E-state index in [1.54, 1.807) is 0 Å². The van der Waals surface area contributed by atoms with E-state index in [0.29, 0.717) is 0 Å². The van der Waals surface area contributed by atoms with Crippen LogP contribution in [0, 0.1) is 5.92 Å². The molecule has 2 heteroatoms. The molecule has 72 valence electrons. The van der Waals surface area contributed by atoms with E-state index in [-0.39, 0.29) is 0 Å². The Kier molecular flexibility index (Phi) is 5.08. The molecule has 1 rings (SSSR count). The number of thioether (sulfide) groups is 1. The van der Waals surface area contributed by atoms with E-state index in [1.165, 1.54) is 38.1 Å². The first-order chi connectivity index (χ1) is 5.83. The highest BCUT2D eigenvalue weighted by atomic mass is 32.2. The molecule has 0 aromatic heterocycles. The first kappa shape index (κ1) is 10.4. The molecule has 0 spiro atoms. The zero-order chi connectivity index (χ0) is 8.81. The number of nitrogens with one attached hydrogen (secondary N) is 1. The molecule has 1 saturated heterocycles. The van der Waals surface area contributed by atoms with Gasteiger partial charge in [-0.3, -0.25) is 0 Å². The number of piperidine rings is 1. The average molecular weight is 187 g/mol. The Hall–Kier alpha value is 0.310. The molecule has 1 N–H and O–H groups in total. The molecule has 0 aromatic carbocycles. The lowest BCUT2D eigenvalue weighted by Crippen LogP contribution is -2.29. The first-order valence-electron chi connectivity index (χ1n) is 5.15. The van der Waals surface area contributed by atoms with Crippen LogP contribution in [0.3, 0.4) is 0 Å². The maximum atomic E-state index is 3.40. The molecular weight excluding hydrogens is 166 g/mol. The topological polar surface area (TPSA) is 12.0 Å². The fourth-order valence-corrected chi connectivity index (χ4v) is 2.79. The number of hydrogen-bond donors (Lipinski definition) is 1.